The Morgan fingerprint density at radius 1 is 1.38 bits per heavy atom. The number of hydrogen-bond donors (Lipinski definition) is 2. The summed E-state index contributed by atoms with van der Waals surface area (Å²) in [5.41, 5.74) is 1.46. The number of nitrogens with two attached hydrogens (primary N) is 1. The van der Waals surface area contributed by atoms with E-state index in [9.17, 15) is 18.3 Å². The van der Waals surface area contributed by atoms with Gasteiger partial charge in [0.15, 0.2) is 5.60 Å². The van der Waals surface area contributed by atoms with Crippen molar-refractivity contribution in [2.75, 3.05) is 6.54 Å². The van der Waals surface area contributed by atoms with E-state index in [0.29, 0.717) is 0 Å². The molecule has 0 spiro atoms. The van der Waals surface area contributed by atoms with Crippen LogP contribution in [-0.2, 0) is 5.60 Å². The molecule has 0 aliphatic carbocycles. The monoisotopic (exact) mass is 230 g/mol. The Labute approximate surface area is 89.9 Å². The van der Waals surface area contributed by atoms with E-state index >= 15 is 0 Å². The standard InChI is InChI=1S/C10H9F3N2O/c11-10(12,13)9(16,6-15)8-3-1-2-7(4-8)5-14/h1-4,16H,6,15H2. The number of nitriles is 1. The van der Waals surface area contributed by atoms with Crippen LogP contribution in [0.5, 0.6) is 0 Å². The van der Waals surface area contributed by atoms with Gasteiger partial charge < -0.3 is 10.8 Å². The Morgan fingerprint density at radius 2 is 2.00 bits per heavy atom. The zero-order chi connectivity index (χ0) is 12.4. The van der Waals surface area contributed by atoms with E-state index in [4.69, 9.17) is 11.0 Å². The first-order chi connectivity index (χ1) is 7.35. The minimum atomic E-state index is -4.88. The zero-order valence-electron chi connectivity index (χ0n) is 8.12. The lowest BCUT2D eigenvalue weighted by Gasteiger charge is -2.29. The fraction of sp³-hybridized carbons (Fsp3) is 0.300. The number of halogens is 3. The Bertz CT molecular complexity index is 425. The second-order valence-corrected chi connectivity index (χ2v) is 3.25. The van der Waals surface area contributed by atoms with Gasteiger partial charge in [0.25, 0.3) is 0 Å². The Morgan fingerprint density at radius 3 is 2.44 bits per heavy atom. The van der Waals surface area contributed by atoms with Crippen LogP contribution in [0.25, 0.3) is 0 Å². The smallest absolute Gasteiger partial charge is 0.375 e. The highest BCUT2D eigenvalue weighted by Gasteiger charge is 2.54. The van der Waals surface area contributed by atoms with Gasteiger partial charge in [-0.2, -0.15) is 18.4 Å². The average molecular weight is 230 g/mol. The minimum Gasteiger partial charge on any atom is -0.375 e. The third kappa shape index (κ3) is 2.01. The first-order valence-corrected chi connectivity index (χ1v) is 4.35. The molecule has 0 fully saturated rings. The van der Waals surface area contributed by atoms with Crippen molar-refractivity contribution in [3.63, 3.8) is 0 Å². The number of alkyl halides is 3. The summed E-state index contributed by atoms with van der Waals surface area (Å²) < 4.78 is 37.8. The highest BCUT2D eigenvalue weighted by molar-refractivity contribution is 5.36. The molecule has 86 valence electrons. The van der Waals surface area contributed by atoms with Gasteiger partial charge >= 0.3 is 6.18 Å². The van der Waals surface area contributed by atoms with Crippen molar-refractivity contribution >= 4 is 0 Å². The Hall–Kier alpha value is -1.58. The molecule has 1 rings (SSSR count). The molecule has 6 heteroatoms. The maximum atomic E-state index is 12.6. The Kier molecular flexibility index (Phi) is 3.21. The highest BCUT2D eigenvalue weighted by Crippen LogP contribution is 2.38. The predicted octanol–water partition coefficient (Wildman–Crippen LogP) is 1.27. The average Bonchev–Trinajstić information content (AvgIpc) is 2.26. The van der Waals surface area contributed by atoms with Crippen LogP contribution in [0, 0.1) is 11.3 Å². The van der Waals surface area contributed by atoms with E-state index in [2.05, 4.69) is 0 Å². The molecular formula is C10H9F3N2O. The number of nitrogens with zero attached hydrogens (tertiary/aromatic N) is 1. The van der Waals surface area contributed by atoms with Crippen molar-refractivity contribution in [1.82, 2.24) is 0 Å². The molecule has 0 bridgehead atoms. The van der Waals surface area contributed by atoms with Crippen LogP contribution in [-0.4, -0.2) is 17.8 Å². The molecule has 1 aromatic carbocycles. The normalized spacial score (nSPS) is 15.2. The van der Waals surface area contributed by atoms with E-state index in [1.165, 1.54) is 12.1 Å². The van der Waals surface area contributed by atoms with Gasteiger partial charge in [-0.3, -0.25) is 0 Å². The zero-order valence-corrected chi connectivity index (χ0v) is 8.12. The molecule has 0 aromatic heterocycles. The lowest BCUT2D eigenvalue weighted by molar-refractivity contribution is -0.262. The Balaban J connectivity index is 3.29. The van der Waals surface area contributed by atoms with E-state index < -0.39 is 23.9 Å². The molecule has 0 saturated heterocycles. The summed E-state index contributed by atoms with van der Waals surface area (Å²) >= 11 is 0. The molecule has 3 nitrogen and oxygen atoms in total. The maximum Gasteiger partial charge on any atom is 0.422 e. The van der Waals surface area contributed by atoms with Gasteiger partial charge in [-0.25, -0.2) is 0 Å². The number of rotatable bonds is 2. The minimum absolute atomic E-state index is 0.0358. The van der Waals surface area contributed by atoms with Crippen molar-refractivity contribution < 1.29 is 18.3 Å². The fourth-order valence-corrected chi connectivity index (χ4v) is 1.24. The van der Waals surface area contributed by atoms with E-state index in [0.717, 1.165) is 12.1 Å². The molecule has 0 aliphatic heterocycles. The van der Waals surface area contributed by atoms with Crippen LogP contribution in [0.2, 0.25) is 0 Å². The predicted molar refractivity (Wildman–Crippen MR) is 50.2 cm³/mol. The van der Waals surface area contributed by atoms with Crippen molar-refractivity contribution in [3.8, 4) is 6.07 Å². The van der Waals surface area contributed by atoms with Gasteiger partial charge in [0.05, 0.1) is 11.6 Å². The van der Waals surface area contributed by atoms with Gasteiger partial charge in [0.2, 0.25) is 0 Å². The second kappa shape index (κ2) is 4.12. The molecule has 0 aliphatic rings. The molecule has 1 aromatic rings. The third-order valence-corrected chi connectivity index (χ3v) is 2.23. The lowest BCUT2D eigenvalue weighted by Crippen LogP contribution is -2.48. The summed E-state index contributed by atoms with van der Waals surface area (Å²) in [5.74, 6) is 0. The SMILES string of the molecule is N#Cc1cccc(C(O)(CN)C(F)(F)F)c1. The maximum absolute atomic E-state index is 12.6. The topological polar surface area (TPSA) is 70.0 Å². The van der Waals surface area contributed by atoms with Crippen LogP contribution in [0.1, 0.15) is 11.1 Å². The van der Waals surface area contributed by atoms with Crippen LogP contribution >= 0.6 is 0 Å². The summed E-state index contributed by atoms with van der Waals surface area (Å²) in [5, 5.41) is 18.0. The van der Waals surface area contributed by atoms with E-state index in [1.54, 1.807) is 6.07 Å². The summed E-state index contributed by atoms with van der Waals surface area (Å²) in [6, 6.07) is 6.36. The van der Waals surface area contributed by atoms with Gasteiger partial charge in [-0.1, -0.05) is 12.1 Å². The molecular weight excluding hydrogens is 221 g/mol. The quantitative estimate of drug-likeness (QED) is 0.803. The lowest BCUT2D eigenvalue weighted by atomic mass is 9.92. The van der Waals surface area contributed by atoms with Crippen molar-refractivity contribution in [2.24, 2.45) is 5.73 Å². The molecule has 1 unspecified atom stereocenters. The summed E-state index contributed by atoms with van der Waals surface area (Å²) in [7, 11) is 0. The number of benzene rings is 1. The van der Waals surface area contributed by atoms with Crippen LogP contribution < -0.4 is 5.73 Å². The van der Waals surface area contributed by atoms with Gasteiger partial charge in [-0.15, -0.1) is 0 Å². The molecule has 0 heterocycles. The molecule has 0 radical (unpaired) electrons. The highest BCUT2D eigenvalue weighted by atomic mass is 19.4. The van der Waals surface area contributed by atoms with Crippen molar-refractivity contribution in [1.29, 1.82) is 5.26 Å². The first kappa shape index (κ1) is 12.5. The van der Waals surface area contributed by atoms with Crippen LogP contribution in [0.4, 0.5) is 13.2 Å². The van der Waals surface area contributed by atoms with Crippen LogP contribution in [0.3, 0.4) is 0 Å². The number of aliphatic hydroxyl groups is 1. The van der Waals surface area contributed by atoms with Crippen molar-refractivity contribution in [2.45, 2.75) is 11.8 Å². The number of hydrogen-bond acceptors (Lipinski definition) is 3. The second-order valence-electron chi connectivity index (χ2n) is 3.25. The van der Waals surface area contributed by atoms with Gasteiger partial charge in [-0.05, 0) is 17.7 Å². The summed E-state index contributed by atoms with van der Waals surface area (Å²) in [4.78, 5) is 0. The summed E-state index contributed by atoms with van der Waals surface area (Å²) in [6.45, 7) is -0.995. The van der Waals surface area contributed by atoms with E-state index in [1.807, 2.05) is 0 Å². The molecule has 16 heavy (non-hydrogen) atoms. The summed E-state index contributed by atoms with van der Waals surface area (Å²) in [6.07, 6.45) is -4.88. The van der Waals surface area contributed by atoms with E-state index in [-0.39, 0.29) is 5.56 Å². The fourth-order valence-electron chi connectivity index (χ4n) is 1.24. The molecule has 3 N–H and O–H groups in total. The van der Waals surface area contributed by atoms with Crippen LogP contribution in [0.15, 0.2) is 24.3 Å². The van der Waals surface area contributed by atoms with Gasteiger partial charge in [0, 0.05) is 6.54 Å². The molecule has 0 saturated carbocycles. The van der Waals surface area contributed by atoms with Gasteiger partial charge in [0.1, 0.15) is 0 Å². The largest absolute Gasteiger partial charge is 0.422 e. The molecule has 1 atom stereocenters. The third-order valence-electron chi connectivity index (χ3n) is 2.23. The molecule has 0 amide bonds. The van der Waals surface area contributed by atoms with Crippen molar-refractivity contribution in [3.05, 3.63) is 35.4 Å². The first-order valence-electron chi connectivity index (χ1n) is 4.35.